The molecule has 35 heavy (non-hydrogen) atoms. The van der Waals surface area contributed by atoms with Crippen LogP contribution in [0.1, 0.15) is 91.9 Å². The molecule has 204 valence electrons. The highest BCUT2D eigenvalue weighted by Crippen LogP contribution is 2.69. The first-order valence-corrected chi connectivity index (χ1v) is 14.8. The summed E-state index contributed by atoms with van der Waals surface area (Å²) in [5, 5.41) is 21.4. The number of fused-ring (bicyclic) bond motifs is 5. The van der Waals surface area contributed by atoms with E-state index in [4.69, 9.17) is 14.2 Å². The summed E-state index contributed by atoms with van der Waals surface area (Å²) >= 11 is 0. The van der Waals surface area contributed by atoms with Gasteiger partial charge in [-0.25, -0.2) is 0 Å². The quantitative estimate of drug-likeness (QED) is 0.286. The van der Waals surface area contributed by atoms with Crippen LogP contribution in [0.4, 0.5) is 0 Å². The summed E-state index contributed by atoms with van der Waals surface area (Å²) in [6.07, 6.45) is 11.7. The third kappa shape index (κ3) is 5.11. The molecule has 0 aromatic heterocycles. The Morgan fingerprint density at radius 2 is 1.71 bits per heavy atom. The highest BCUT2D eigenvalue weighted by Gasteiger charge is 2.64. The normalized spacial score (nSPS) is 46.0. The maximum Gasteiger partial charge on any atom is 0.147 e. The third-order valence-electron chi connectivity index (χ3n) is 11.8. The molecule has 4 fully saturated rings. The van der Waals surface area contributed by atoms with Crippen molar-refractivity contribution in [1.29, 1.82) is 0 Å². The molecule has 4 aliphatic carbocycles. The summed E-state index contributed by atoms with van der Waals surface area (Å²) in [6.45, 7) is 11.7. The van der Waals surface area contributed by atoms with E-state index in [0.29, 0.717) is 73.0 Å². The number of rotatable bonds is 11. The Morgan fingerprint density at radius 3 is 2.43 bits per heavy atom. The molecular weight excluding hydrogens is 440 g/mol. The molecule has 0 saturated heterocycles. The molecule has 0 heterocycles. The zero-order chi connectivity index (χ0) is 25.2. The lowest BCUT2D eigenvalue weighted by Crippen LogP contribution is -2.62. The van der Waals surface area contributed by atoms with E-state index in [-0.39, 0.29) is 12.2 Å². The minimum absolute atomic E-state index is 0.184. The summed E-state index contributed by atoms with van der Waals surface area (Å²) < 4.78 is 16.8. The summed E-state index contributed by atoms with van der Waals surface area (Å²) in [4.78, 5) is 0. The Hall–Kier alpha value is -0.200. The molecule has 0 amide bonds. The van der Waals surface area contributed by atoms with E-state index in [1.807, 2.05) is 0 Å². The minimum Gasteiger partial charge on any atom is -0.396 e. The average Bonchev–Trinajstić information content (AvgIpc) is 3.20. The maximum atomic E-state index is 12.0. The Morgan fingerprint density at radius 1 is 0.971 bits per heavy atom. The van der Waals surface area contributed by atoms with E-state index in [0.717, 1.165) is 38.0 Å². The van der Waals surface area contributed by atoms with Crippen molar-refractivity contribution < 1.29 is 24.4 Å². The molecule has 5 heteroatoms. The average molecular weight is 495 g/mol. The zero-order valence-electron chi connectivity index (χ0n) is 23.2. The molecule has 0 aromatic carbocycles. The number of hydrogen-bond acceptors (Lipinski definition) is 5. The second-order valence-corrected chi connectivity index (χ2v) is 13.1. The van der Waals surface area contributed by atoms with Gasteiger partial charge in [0.2, 0.25) is 0 Å². The third-order valence-corrected chi connectivity index (χ3v) is 11.8. The molecular formula is C30H54O5. The molecule has 11 atom stereocenters. The van der Waals surface area contributed by atoms with Crippen LogP contribution in [0, 0.1) is 52.3 Å². The van der Waals surface area contributed by atoms with Crippen molar-refractivity contribution in [3.05, 3.63) is 0 Å². The zero-order valence-corrected chi connectivity index (χ0v) is 23.2. The van der Waals surface area contributed by atoms with Crippen molar-refractivity contribution >= 4 is 0 Å². The van der Waals surface area contributed by atoms with Gasteiger partial charge in [-0.1, -0.05) is 34.1 Å². The molecule has 0 radical (unpaired) electrons. The number of methoxy groups -OCH3 is 1. The lowest BCUT2D eigenvalue weighted by Gasteiger charge is -2.65. The van der Waals surface area contributed by atoms with Gasteiger partial charge < -0.3 is 24.4 Å². The Balaban J connectivity index is 1.49. The van der Waals surface area contributed by atoms with Crippen LogP contribution in [0.15, 0.2) is 0 Å². The Kier molecular flexibility index (Phi) is 9.28. The fourth-order valence-electron chi connectivity index (χ4n) is 10.0. The standard InChI is InChI=1S/C30H54O5/c1-6-22-26-18-21(35-19-34-17-16-33-5)11-13-30(26,4)25-12-14-29(3)23(20(2)8-7-15-31)9-10-24(29)27(25)28(22)32/h20-28,31-32H,6-19H2,1-5H3/t20-,21-,22-,23-,24+,25+,26?,27?,28-,29?,30+/m1/s1. The van der Waals surface area contributed by atoms with E-state index in [9.17, 15) is 10.2 Å². The second-order valence-electron chi connectivity index (χ2n) is 13.1. The van der Waals surface area contributed by atoms with Crippen LogP contribution < -0.4 is 0 Å². The van der Waals surface area contributed by atoms with Crippen LogP contribution in [0.5, 0.6) is 0 Å². The van der Waals surface area contributed by atoms with Crippen molar-refractivity contribution in [2.75, 3.05) is 33.7 Å². The largest absolute Gasteiger partial charge is 0.396 e. The molecule has 0 aliphatic heterocycles. The lowest BCUT2D eigenvalue weighted by molar-refractivity contribution is -0.213. The first-order chi connectivity index (χ1) is 16.8. The van der Waals surface area contributed by atoms with Gasteiger partial charge in [0.25, 0.3) is 0 Å². The number of hydrogen-bond donors (Lipinski definition) is 2. The van der Waals surface area contributed by atoms with Gasteiger partial charge in [-0.15, -0.1) is 0 Å². The molecule has 2 N–H and O–H groups in total. The SMILES string of the molecule is CC[C@@H]1C2C[C@H](OCOCCOC)CC[C@@]2(C)[C@H]2CCC3(C)[C@@H]([C@H](C)CCCO)CC[C@H]3C2[C@@H]1O. The Labute approximate surface area is 214 Å². The summed E-state index contributed by atoms with van der Waals surface area (Å²) in [5.74, 6) is 4.03. The fourth-order valence-corrected chi connectivity index (χ4v) is 10.0. The molecule has 4 rings (SSSR count). The van der Waals surface area contributed by atoms with E-state index < -0.39 is 0 Å². The predicted octanol–water partition coefficient (Wildman–Crippen LogP) is 5.67. The van der Waals surface area contributed by atoms with Gasteiger partial charge in [0.1, 0.15) is 6.79 Å². The lowest BCUT2D eigenvalue weighted by atomic mass is 9.41. The van der Waals surface area contributed by atoms with Crippen LogP contribution >= 0.6 is 0 Å². The van der Waals surface area contributed by atoms with E-state index in [1.165, 1.54) is 32.1 Å². The molecule has 4 aliphatic rings. The number of aliphatic hydroxyl groups excluding tert-OH is 2. The highest BCUT2D eigenvalue weighted by atomic mass is 16.7. The number of aliphatic hydroxyl groups is 2. The molecule has 4 saturated carbocycles. The molecule has 0 aromatic rings. The smallest absolute Gasteiger partial charge is 0.147 e. The first kappa shape index (κ1) is 27.8. The van der Waals surface area contributed by atoms with Gasteiger partial charge in [-0.2, -0.15) is 0 Å². The summed E-state index contributed by atoms with van der Waals surface area (Å²) in [6, 6.07) is 0. The van der Waals surface area contributed by atoms with Crippen LogP contribution in [-0.2, 0) is 14.2 Å². The predicted molar refractivity (Wildman–Crippen MR) is 139 cm³/mol. The molecule has 0 bridgehead atoms. The van der Waals surface area contributed by atoms with Crippen LogP contribution in [0.25, 0.3) is 0 Å². The monoisotopic (exact) mass is 494 g/mol. The van der Waals surface area contributed by atoms with Crippen LogP contribution in [0.3, 0.4) is 0 Å². The summed E-state index contributed by atoms with van der Waals surface area (Å²) in [5.41, 5.74) is 0.654. The minimum atomic E-state index is -0.184. The number of ether oxygens (including phenoxy) is 3. The highest BCUT2D eigenvalue weighted by molar-refractivity contribution is 5.13. The van der Waals surface area contributed by atoms with Crippen molar-refractivity contribution in [2.45, 2.75) is 104 Å². The van der Waals surface area contributed by atoms with E-state index >= 15 is 0 Å². The Bertz CT molecular complexity index is 671. The second kappa shape index (κ2) is 11.7. The van der Waals surface area contributed by atoms with Gasteiger partial charge in [-0.3, -0.25) is 0 Å². The molecule has 0 spiro atoms. The topological polar surface area (TPSA) is 68.2 Å². The van der Waals surface area contributed by atoms with Gasteiger partial charge in [0.05, 0.1) is 25.4 Å². The molecule has 5 nitrogen and oxygen atoms in total. The van der Waals surface area contributed by atoms with Gasteiger partial charge >= 0.3 is 0 Å². The van der Waals surface area contributed by atoms with Gasteiger partial charge in [-0.05, 0) is 110 Å². The maximum absolute atomic E-state index is 12.0. The van der Waals surface area contributed by atoms with Gasteiger partial charge in [0.15, 0.2) is 0 Å². The van der Waals surface area contributed by atoms with Crippen LogP contribution in [-0.4, -0.2) is 56.1 Å². The van der Waals surface area contributed by atoms with E-state index in [1.54, 1.807) is 7.11 Å². The van der Waals surface area contributed by atoms with Gasteiger partial charge in [0, 0.05) is 13.7 Å². The van der Waals surface area contributed by atoms with Crippen LogP contribution in [0.2, 0.25) is 0 Å². The van der Waals surface area contributed by atoms with Crippen molar-refractivity contribution in [1.82, 2.24) is 0 Å². The van der Waals surface area contributed by atoms with Crippen molar-refractivity contribution in [3.63, 3.8) is 0 Å². The summed E-state index contributed by atoms with van der Waals surface area (Å²) in [7, 11) is 1.69. The van der Waals surface area contributed by atoms with Crippen molar-refractivity contribution in [3.8, 4) is 0 Å². The molecule has 3 unspecified atom stereocenters. The van der Waals surface area contributed by atoms with E-state index in [2.05, 4.69) is 27.7 Å². The fraction of sp³-hybridized carbons (Fsp3) is 1.00. The first-order valence-electron chi connectivity index (χ1n) is 14.8. The van der Waals surface area contributed by atoms with Crippen molar-refractivity contribution in [2.24, 2.45) is 52.3 Å².